The number of likely N-dealkylation sites (tertiary alicyclic amines) is 1. The predicted octanol–water partition coefficient (Wildman–Crippen LogP) is 3.15. The molecule has 1 aliphatic heterocycles. The Labute approximate surface area is 165 Å². The number of nitrogens with zero attached hydrogens (tertiary/aromatic N) is 3. The molecule has 146 valence electrons. The second-order valence-corrected chi connectivity index (χ2v) is 8.03. The SMILES string of the molecule is CC(C)c1nn(C)c2sc(C(=O)N3CCC(OCCCN)CC3)cc12.Cl. The minimum atomic E-state index is 0. The number of thiophene rings is 1. The van der Waals surface area contributed by atoms with Crippen LogP contribution in [0.15, 0.2) is 6.07 Å². The van der Waals surface area contributed by atoms with Crippen molar-refractivity contribution >= 4 is 39.9 Å². The average Bonchev–Trinajstić information content (AvgIpc) is 3.16. The first kappa shape index (κ1) is 21.2. The number of aryl methyl sites for hydroxylation is 1. The first-order valence-corrected chi connectivity index (χ1v) is 9.90. The van der Waals surface area contributed by atoms with Gasteiger partial charge in [0, 0.05) is 32.1 Å². The van der Waals surface area contributed by atoms with Crippen molar-refractivity contribution in [2.75, 3.05) is 26.2 Å². The molecular weight excluding hydrogens is 372 g/mol. The molecule has 8 heteroatoms. The maximum atomic E-state index is 12.9. The first-order valence-electron chi connectivity index (χ1n) is 9.08. The Bertz CT molecular complexity index is 735. The summed E-state index contributed by atoms with van der Waals surface area (Å²) in [5.74, 6) is 0.485. The molecule has 2 aromatic rings. The van der Waals surface area contributed by atoms with E-state index in [2.05, 4.69) is 18.9 Å². The smallest absolute Gasteiger partial charge is 0.264 e. The molecule has 2 N–H and O–H groups in total. The molecule has 0 bridgehead atoms. The quantitative estimate of drug-likeness (QED) is 0.756. The fraction of sp³-hybridized carbons (Fsp3) is 0.667. The fourth-order valence-electron chi connectivity index (χ4n) is 3.31. The third-order valence-electron chi connectivity index (χ3n) is 4.73. The molecule has 0 radical (unpaired) electrons. The number of nitrogens with two attached hydrogens (primary N) is 1. The molecule has 26 heavy (non-hydrogen) atoms. The first-order chi connectivity index (χ1) is 12.0. The summed E-state index contributed by atoms with van der Waals surface area (Å²) in [5.41, 5.74) is 6.56. The third-order valence-corrected chi connectivity index (χ3v) is 5.92. The van der Waals surface area contributed by atoms with Gasteiger partial charge in [0.25, 0.3) is 5.91 Å². The summed E-state index contributed by atoms with van der Waals surface area (Å²) >= 11 is 1.55. The molecule has 1 amide bonds. The molecule has 3 heterocycles. The lowest BCUT2D eigenvalue weighted by molar-refractivity contribution is 0.00858. The van der Waals surface area contributed by atoms with Gasteiger partial charge in [0.2, 0.25) is 0 Å². The average molecular weight is 401 g/mol. The van der Waals surface area contributed by atoms with Gasteiger partial charge >= 0.3 is 0 Å². The van der Waals surface area contributed by atoms with Gasteiger partial charge in [-0.15, -0.1) is 23.7 Å². The van der Waals surface area contributed by atoms with Crippen LogP contribution in [0, 0.1) is 0 Å². The molecule has 0 saturated carbocycles. The van der Waals surface area contributed by atoms with Crippen LogP contribution in [0.3, 0.4) is 0 Å². The predicted molar refractivity (Wildman–Crippen MR) is 108 cm³/mol. The van der Waals surface area contributed by atoms with E-state index in [4.69, 9.17) is 10.5 Å². The van der Waals surface area contributed by atoms with Gasteiger partial charge in [-0.2, -0.15) is 5.10 Å². The molecule has 2 aromatic heterocycles. The zero-order valence-electron chi connectivity index (χ0n) is 15.7. The maximum Gasteiger partial charge on any atom is 0.264 e. The molecule has 0 unspecified atom stereocenters. The summed E-state index contributed by atoms with van der Waals surface area (Å²) in [6.07, 6.45) is 2.96. The van der Waals surface area contributed by atoms with E-state index in [1.165, 1.54) is 0 Å². The Hall–Kier alpha value is -1.15. The normalized spacial score (nSPS) is 15.7. The Morgan fingerprint density at radius 1 is 1.42 bits per heavy atom. The van der Waals surface area contributed by atoms with Crippen LogP contribution in [-0.4, -0.2) is 52.9 Å². The van der Waals surface area contributed by atoms with E-state index in [1.54, 1.807) is 11.3 Å². The van der Waals surface area contributed by atoms with Crippen molar-refractivity contribution in [2.45, 2.75) is 45.1 Å². The summed E-state index contributed by atoms with van der Waals surface area (Å²) in [6.45, 7) is 7.17. The number of fused-ring (bicyclic) bond motifs is 1. The Kier molecular flexibility index (Phi) is 7.46. The van der Waals surface area contributed by atoms with Crippen LogP contribution in [0.2, 0.25) is 0 Å². The van der Waals surface area contributed by atoms with Gasteiger partial charge < -0.3 is 15.4 Å². The third kappa shape index (κ3) is 4.39. The Balaban J connectivity index is 0.00000243. The van der Waals surface area contributed by atoms with E-state index in [0.717, 1.165) is 59.7 Å². The summed E-state index contributed by atoms with van der Waals surface area (Å²) in [5, 5.41) is 5.70. The zero-order valence-corrected chi connectivity index (χ0v) is 17.4. The summed E-state index contributed by atoms with van der Waals surface area (Å²) in [7, 11) is 1.95. The standard InChI is InChI=1S/C18H28N4O2S.ClH/c1-12(2)16-14-11-15(25-18(14)21(3)20-16)17(23)22-8-5-13(6-9-22)24-10-4-7-19;/h11-13H,4-10,19H2,1-3H3;1H. The number of aromatic nitrogens is 2. The number of carbonyl (C=O) groups is 1. The number of amides is 1. The van der Waals surface area contributed by atoms with Crippen molar-refractivity contribution in [3.8, 4) is 0 Å². The second kappa shape index (κ2) is 9.17. The highest BCUT2D eigenvalue weighted by atomic mass is 35.5. The highest BCUT2D eigenvalue weighted by Gasteiger charge is 2.26. The van der Waals surface area contributed by atoms with Crippen LogP contribution in [0.5, 0.6) is 0 Å². The van der Waals surface area contributed by atoms with E-state index < -0.39 is 0 Å². The Morgan fingerprint density at radius 3 is 2.73 bits per heavy atom. The van der Waals surface area contributed by atoms with Gasteiger partial charge in [0.15, 0.2) is 0 Å². The largest absolute Gasteiger partial charge is 0.378 e. The second-order valence-electron chi connectivity index (χ2n) is 7.00. The van der Waals surface area contributed by atoms with E-state index in [1.807, 2.05) is 22.7 Å². The van der Waals surface area contributed by atoms with Crippen molar-refractivity contribution in [3.63, 3.8) is 0 Å². The molecule has 3 rings (SSSR count). The number of hydrogen-bond donors (Lipinski definition) is 1. The van der Waals surface area contributed by atoms with Gasteiger partial charge in [-0.05, 0) is 37.8 Å². The zero-order chi connectivity index (χ0) is 18.0. The highest BCUT2D eigenvalue weighted by molar-refractivity contribution is 7.20. The minimum Gasteiger partial charge on any atom is -0.378 e. The maximum absolute atomic E-state index is 12.9. The lowest BCUT2D eigenvalue weighted by Gasteiger charge is -2.31. The van der Waals surface area contributed by atoms with Gasteiger partial charge in [-0.1, -0.05) is 13.8 Å². The van der Waals surface area contributed by atoms with Crippen molar-refractivity contribution < 1.29 is 9.53 Å². The van der Waals surface area contributed by atoms with Crippen molar-refractivity contribution in [1.29, 1.82) is 0 Å². The van der Waals surface area contributed by atoms with Crippen LogP contribution < -0.4 is 5.73 Å². The lowest BCUT2D eigenvalue weighted by Crippen LogP contribution is -2.40. The molecule has 6 nitrogen and oxygen atoms in total. The van der Waals surface area contributed by atoms with Gasteiger partial charge in [-0.3, -0.25) is 9.48 Å². The van der Waals surface area contributed by atoms with Crippen LogP contribution in [0.25, 0.3) is 10.2 Å². The van der Waals surface area contributed by atoms with Crippen LogP contribution in [0.1, 0.15) is 54.4 Å². The number of halogens is 1. The monoisotopic (exact) mass is 400 g/mol. The molecule has 0 aromatic carbocycles. The molecule has 0 atom stereocenters. The lowest BCUT2D eigenvalue weighted by atomic mass is 10.1. The van der Waals surface area contributed by atoms with Crippen LogP contribution >= 0.6 is 23.7 Å². The van der Waals surface area contributed by atoms with E-state index in [0.29, 0.717) is 12.5 Å². The molecule has 1 fully saturated rings. The van der Waals surface area contributed by atoms with Gasteiger partial charge in [-0.25, -0.2) is 0 Å². The van der Waals surface area contributed by atoms with Crippen molar-refractivity contribution in [2.24, 2.45) is 12.8 Å². The number of piperidine rings is 1. The van der Waals surface area contributed by atoms with Gasteiger partial charge in [0.1, 0.15) is 4.83 Å². The molecule has 1 saturated heterocycles. The minimum absolute atomic E-state index is 0. The van der Waals surface area contributed by atoms with Crippen LogP contribution in [-0.2, 0) is 11.8 Å². The molecule has 0 spiro atoms. The number of carbonyl (C=O) groups excluding carboxylic acids is 1. The molecule has 0 aliphatic carbocycles. The molecule has 1 aliphatic rings. The molecular formula is C18H29ClN4O2S. The number of ether oxygens (including phenoxy) is 1. The van der Waals surface area contributed by atoms with Crippen molar-refractivity contribution in [3.05, 3.63) is 16.6 Å². The fourth-order valence-corrected chi connectivity index (χ4v) is 4.36. The summed E-state index contributed by atoms with van der Waals surface area (Å²) < 4.78 is 7.72. The highest BCUT2D eigenvalue weighted by Crippen LogP contribution is 2.32. The topological polar surface area (TPSA) is 73.4 Å². The van der Waals surface area contributed by atoms with E-state index in [-0.39, 0.29) is 24.4 Å². The van der Waals surface area contributed by atoms with E-state index >= 15 is 0 Å². The van der Waals surface area contributed by atoms with Gasteiger partial charge in [0.05, 0.1) is 16.7 Å². The number of rotatable bonds is 6. The Morgan fingerprint density at radius 2 is 2.12 bits per heavy atom. The number of hydrogen-bond acceptors (Lipinski definition) is 5. The van der Waals surface area contributed by atoms with Crippen molar-refractivity contribution in [1.82, 2.24) is 14.7 Å². The van der Waals surface area contributed by atoms with Crippen LogP contribution in [0.4, 0.5) is 0 Å². The summed E-state index contributed by atoms with van der Waals surface area (Å²) in [6, 6.07) is 2.02. The van der Waals surface area contributed by atoms with E-state index in [9.17, 15) is 4.79 Å². The summed E-state index contributed by atoms with van der Waals surface area (Å²) in [4.78, 5) is 16.7.